The molecule has 0 unspecified atom stereocenters. The number of carbonyl (C=O) groups excluding carboxylic acids is 6. The summed E-state index contributed by atoms with van der Waals surface area (Å²) in [5.74, 6) is -5.69. The zero-order valence-electron chi connectivity index (χ0n) is 46.1. The van der Waals surface area contributed by atoms with E-state index in [9.17, 15) is 58.4 Å². The molecule has 4 aliphatic heterocycles. The van der Waals surface area contributed by atoms with Crippen LogP contribution in [0, 0.1) is 23.5 Å². The lowest BCUT2D eigenvalue weighted by molar-refractivity contribution is -0.271. The van der Waals surface area contributed by atoms with Gasteiger partial charge in [-0.05, 0) is 79.3 Å². The number of nitrogens with zero attached hydrogens (tertiary/aromatic N) is 5. The van der Waals surface area contributed by atoms with Crippen LogP contribution in [0.15, 0.2) is 85.1 Å². The van der Waals surface area contributed by atoms with Crippen molar-refractivity contribution in [3.63, 3.8) is 0 Å². The Kier molecular flexibility index (Phi) is 22.0. The van der Waals surface area contributed by atoms with Crippen LogP contribution in [0.25, 0.3) is 11.3 Å². The lowest BCUT2D eigenvalue weighted by Crippen LogP contribution is -2.61. The number of hydrogen-bond acceptors (Lipinski definition) is 16. The largest absolute Gasteiger partial charge is 0.479 e. The summed E-state index contributed by atoms with van der Waals surface area (Å²) in [6.07, 6.45) is -4.16. The Morgan fingerprint density at radius 1 is 0.869 bits per heavy atom. The summed E-state index contributed by atoms with van der Waals surface area (Å²) < 4.78 is 71.1. The minimum Gasteiger partial charge on any atom is -0.479 e. The van der Waals surface area contributed by atoms with Gasteiger partial charge in [-0.25, -0.2) is 27.7 Å². The smallest absolute Gasteiger partial charge is 0.410 e. The van der Waals surface area contributed by atoms with Crippen molar-refractivity contribution in [1.82, 2.24) is 29.6 Å². The monoisotopic (exact) mass is 1190 g/mol. The number of hydrogen-bond donors (Lipinski definition) is 6. The first-order valence-corrected chi connectivity index (χ1v) is 29.1. The summed E-state index contributed by atoms with van der Waals surface area (Å²) in [4.78, 5) is 98.8. The molecule has 26 heteroatoms. The van der Waals surface area contributed by atoms with E-state index >= 15 is 8.78 Å². The fourth-order valence-corrected chi connectivity index (χ4v) is 10.9. The highest BCUT2D eigenvalue weighted by atomic mass is 32.2. The maximum absolute atomic E-state index is 16.6. The normalized spacial score (nSPS) is 22.0. The van der Waals surface area contributed by atoms with Crippen LogP contribution in [0.5, 0.6) is 5.75 Å². The number of carboxylic acid groups (broad SMARTS) is 1. The number of rotatable bonds is 26. The van der Waals surface area contributed by atoms with Gasteiger partial charge in [0.05, 0.1) is 24.0 Å². The Bertz CT molecular complexity index is 3010. The second-order valence-electron chi connectivity index (χ2n) is 20.9. The molecule has 3 saturated heterocycles. The molecular formula is C58H68F3N7O15S. The standard InChI is InChI=1S/C58H68F3N7O15S/c1-84-25-20-49(73)68(50(36-18-23-80-24-19-36)55-64-43(39-27-38(59)12-13-40(39)60)32-65(55)28-34-8-4-2-5-9-34)30-37-29-66(31-41(37)61)58(79)81-33-35-11-14-44(82-57-53(76)51(74)52(75)54(83-57)56(77)78)42(26-35)63-46(70)17-21-62-45(69)10-6-3-7-22-67-47(71)15-16-48(67)72/h2,4-5,8-9,11-16,26-27,32,36-37,41,50-54,57,74-76H,3,6-7,10,17-25,28-31,33H2,1H3,(H,62,69)(H,63,70)(H,77,78)/t37-,41-,50+,51-,52-,53+,54-,57+/m0/s1. The molecule has 0 aliphatic carbocycles. The number of alkyl halides is 1. The molecule has 452 valence electrons. The van der Waals surface area contributed by atoms with Crippen LogP contribution in [-0.4, -0.2) is 181 Å². The number of imidazole rings is 1. The van der Waals surface area contributed by atoms with Gasteiger partial charge in [0.1, 0.15) is 54.3 Å². The summed E-state index contributed by atoms with van der Waals surface area (Å²) in [6.45, 7) is -0.0550. The van der Waals surface area contributed by atoms with Crippen molar-refractivity contribution in [3.8, 4) is 17.0 Å². The summed E-state index contributed by atoms with van der Waals surface area (Å²) in [7, 11) is 0. The average molecular weight is 1190 g/mol. The molecule has 8 atom stereocenters. The molecule has 0 radical (unpaired) electrons. The minimum atomic E-state index is -2.02. The van der Waals surface area contributed by atoms with Crippen LogP contribution in [0.2, 0.25) is 0 Å². The quantitative estimate of drug-likeness (QED) is 0.0366. The van der Waals surface area contributed by atoms with Crippen LogP contribution < -0.4 is 15.4 Å². The number of ether oxygens (including phenoxy) is 4. The fraction of sp³-hybridized carbons (Fsp3) is 0.483. The summed E-state index contributed by atoms with van der Waals surface area (Å²) in [5, 5.41) is 46.3. The number of aliphatic hydroxyl groups is 3. The predicted molar refractivity (Wildman–Crippen MR) is 296 cm³/mol. The van der Waals surface area contributed by atoms with Gasteiger partial charge in [0.15, 0.2) is 6.10 Å². The van der Waals surface area contributed by atoms with Crippen molar-refractivity contribution < 1.29 is 86.1 Å². The predicted octanol–water partition coefficient (Wildman–Crippen LogP) is 4.73. The average Bonchev–Trinajstić information content (AvgIpc) is 2.20. The number of nitrogens with one attached hydrogen (secondary N) is 2. The van der Waals surface area contributed by atoms with Crippen LogP contribution in [0.4, 0.5) is 23.7 Å². The van der Waals surface area contributed by atoms with Crippen LogP contribution >= 0.6 is 11.8 Å². The van der Waals surface area contributed by atoms with Gasteiger partial charge in [-0.1, -0.05) is 42.8 Å². The SMILES string of the molecule is CSCCC(=O)N(C[C@@H]1CN(C(=O)OCc2ccc(O[C@@H]3O[C@H](C(=O)O)[C@@H](O)[C@H](O)[C@H]3O)c(NC(=O)CCNC(=O)CCCCCN3C(=O)C=CC3=O)c2)C[C@@H]1F)[C@@H](c1nc(-c2cc(F)ccc2F)cn1Cc1ccccc1)C1CCOCC1. The fourth-order valence-electron chi connectivity index (χ4n) is 10.5. The Hall–Kier alpha value is -7.36. The lowest BCUT2D eigenvalue weighted by atomic mass is 9.88. The Labute approximate surface area is 486 Å². The second kappa shape index (κ2) is 29.4. The Balaban J connectivity index is 0.962. The highest BCUT2D eigenvalue weighted by molar-refractivity contribution is 7.98. The van der Waals surface area contributed by atoms with Gasteiger partial charge in [0.2, 0.25) is 24.0 Å². The summed E-state index contributed by atoms with van der Waals surface area (Å²) in [6, 6.07) is 15.7. The van der Waals surface area contributed by atoms with Gasteiger partial charge in [-0.15, -0.1) is 0 Å². The molecule has 6 amide bonds. The third-order valence-corrected chi connectivity index (χ3v) is 15.6. The van der Waals surface area contributed by atoms with Gasteiger partial charge >= 0.3 is 12.1 Å². The van der Waals surface area contributed by atoms with Crippen LogP contribution in [-0.2, 0) is 56.1 Å². The first-order valence-electron chi connectivity index (χ1n) is 27.7. The number of aliphatic carboxylic acids is 1. The number of unbranched alkanes of at least 4 members (excludes halogenated alkanes) is 2. The molecule has 0 bridgehead atoms. The molecule has 1 aromatic heterocycles. The molecule has 84 heavy (non-hydrogen) atoms. The molecule has 3 fully saturated rings. The van der Waals surface area contributed by atoms with E-state index in [2.05, 4.69) is 10.6 Å². The van der Waals surface area contributed by atoms with Gasteiger partial charge < -0.3 is 64.4 Å². The van der Waals surface area contributed by atoms with Gasteiger partial charge in [-0.3, -0.25) is 28.9 Å². The summed E-state index contributed by atoms with van der Waals surface area (Å²) in [5.41, 5.74) is 1.07. The molecule has 6 N–H and O–H groups in total. The summed E-state index contributed by atoms with van der Waals surface area (Å²) >= 11 is 1.46. The van der Waals surface area contributed by atoms with E-state index in [1.807, 2.05) is 41.2 Å². The maximum Gasteiger partial charge on any atom is 0.410 e. The number of imide groups is 1. The van der Waals surface area contributed by atoms with E-state index in [1.165, 1.54) is 47.0 Å². The van der Waals surface area contributed by atoms with Crippen molar-refractivity contribution in [1.29, 1.82) is 0 Å². The molecule has 8 rings (SSSR count). The van der Waals surface area contributed by atoms with Crippen molar-refractivity contribution in [2.45, 2.75) is 107 Å². The number of benzene rings is 3. The van der Waals surface area contributed by atoms with E-state index in [1.54, 1.807) is 11.1 Å². The third kappa shape index (κ3) is 16.1. The van der Waals surface area contributed by atoms with E-state index in [0.717, 1.165) is 28.7 Å². The first-order chi connectivity index (χ1) is 40.4. The topological polar surface area (TPSA) is 289 Å². The number of carboxylic acids is 1. The zero-order chi connectivity index (χ0) is 60.0. The molecule has 5 heterocycles. The Morgan fingerprint density at radius 2 is 1.62 bits per heavy atom. The number of aliphatic hydroxyl groups excluding tert-OH is 3. The number of likely N-dealkylation sites (tertiary alicyclic amines) is 1. The second-order valence-corrected chi connectivity index (χ2v) is 21.9. The Morgan fingerprint density at radius 3 is 2.35 bits per heavy atom. The van der Waals surface area contributed by atoms with Crippen molar-refractivity contribution in [2.75, 3.05) is 63.3 Å². The molecule has 4 aromatic rings. The van der Waals surface area contributed by atoms with Gasteiger partial charge in [0, 0.05) is 101 Å². The number of halogens is 3. The number of amides is 6. The molecule has 0 saturated carbocycles. The molecular weight excluding hydrogens is 1120 g/mol. The van der Waals surface area contributed by atoms with E-state index in [-0.39, 0.29) is 98.0 Å². The van der Waals surface area contributed by atoms with Crippen molar-refractivity contribution in [2.24, 2.45) is 11.8 Å². The lowest BCUT2D eigenvalue weighted by Gasteiger charge is -2.40. The highest BCUT2D eigenvalue weighted by Crippen LogP contribution is 2.39. The van der Waals surface area contributed by atoms with Crippen molar-refractivity contribution in [3.05, 3.63) is 114 Å². The number of aromatic nitrogens is 2. The number of carbonyl (C=O) groups is 7. The maximum atomic E-state index is 16.6. The first kappa shape index (κ1) is 62.7. The number of thioether (sulfide) groups is 1. The minimum absolute atomic E-state index is 0.0772. The van der Waals surface area contributed by atoms with E-state index in [0.29, 0.717) is 56.9 Å². The number of anilines is 1. The van der Waals surface area contributed by atoms with Crippen LogP contribution in [0.1, 0.15) is 74.4 Å². The zero-order valence-corrected chi connectivity index (χ0v) is 46.9. The van der Waals surface area contributed by atoms with Gasteiger partial charge in [-0.2, -0.15) is 11.8 Å². The highest BCUT2D eigenvalue weighted by Gasteiger charge is 2.49. The molecule has 4 aliphatic rings. The van der Waals surface area contributed by atoms with E-state index in [4.69, 9.17) is 23.9 Å². The van der Waals surface area contributed by atoms with Crippen molar-refractivity contribution >= 4 is 59.0 Å². The van der Waals surface area contributed by atoms with Crippen LogP contribution in [0.3, 0.4) is 0 Å². The molecule has 0 spiro atoms. The molecule has 22 nitrogen and oxygen atoms in total. The molecule has 3 aromatic carbocycles. The van der Waals surface area contributed by atoms with E-state index < -0.39 is 103 Å². The van der Waals surface area contributed by atoms with Gasteiger partial charge in [0.25, 0.3) is 11.8 Å². The third-order valence-electron chi connectivity index (χ3n) is 15.0.